The monoisotopic (exact) mass is 192 g/mol. The minimum Gasteiger partial charge on any atom is -0.198 e. The van der Waals surface area contributed by atoms with E-state index in [0.717, 1.165) is 25.7 Å². The molecule has 0 aliphatic heterocycles. The molecule has 0 heterocycles. The van der Waals surface area contributed by atoms with Crippen molar-refractivity contribution in [3.63, 3.8) is 0 Å². The van der Waals surface area contributed by atoms with E-state index in [1.165, 1.54) is 12.8 Å². The highest BCUT2D eigenvalue weighted by Crippen LogP contribution is 2.12. The molecule has 0 aromatic carbocycles. The molecule has 0 bridgehead atoms. The molecule has 0 N–H and O–H groups in total. The highest BCUT2D eigenvalue weighted by molar-refractivity contribution is 4.79. The molecule has 0 saturated carbocycles. The van der Waals surface area contributed by atoms with Gasteiger partial charge in [-0.2, -0.15) is 10.5 Å². The number of hydrogen-bond acceptors (Lipinski definition) is 2. The van der Waals surface area contributed by atoms with Crippen molar-refractivity contribution in [3.05, 3.63) is 0 Å². The zero-order valence-corrected chi connectivity index (χ0v) is 9.29. The summed E-state index contributed by atoms with van der Waals surface area (Å²) >= 11 is 0. The van der Waals surface area contributed by atoms with Crippen LogP contribution in [0, 0.1) is 34.5 Å². The van der Waals surface area contributed by atoms with E-state index < -0.39 is 0 Å². The van der Waals surface area contributed by atoms with Crippen molar-refractivity contribution in [2.75, 3.05) is 0 Å². The van der Waals surface area contributed by atoms with Crippen molar-refractivity contribution in [1.82, 2.24) is 0 Å². The van der Waals surface area contributed by atoms with Gasteiger partial charge >= 0.3 is 0 Å². The van der Waals surface area contributed by atoms with Gasteiger partial charge < -0.3 is 0 Å². The molecule has 0 rings (SSSR count). The van der Waals surface area contributed by atoms with E-state index in [1.807, 2.05) is 13.8 Å². The van der Waals surface area contributed by atoms with E-state index in [2.05, 4.69) is 12.1 Å². The predicted molar refractivity (Wildman–Crippen MR) is 57.3 cm³/mol. The van der Waals surface area contributed by atoms with Crippen LogP contribution in [0.15, 0.2) is 0 Å². The minimum absolute atomic E-state index is 0.202. The van der Waals surface area contributed by atoms with E-state index in [9.17, 15) is 0 Å². The molecule has 0 fully saturated rings. The van der Waals surface area contributed by atoms with Crippen LogP contribution in [0.5, 0.6) is 0 Å². The Labute approximate surface area is 87.5 Å². The number of unbranched alkanes of at least 4 members (excludes halogenated alkanes) is 3. The zero-order valence-electron chi connectivity index (χ0n) is 9.29. The fraction of sp³-hybridized carbons (Fsp3) is 0.833. The Hall–Kier alpha value is -1.02. The molecule has 0 amide bonds. The summed E-state index contributed by atoms with van der Waals surface area (Å²) in [6, 6.07) is 4.48. The van der Waals surface area contributed by atoms with Crippen molar-refractivity contribution in [1.29, 1.82) is 10.5 Å². The number of nitrogens with zero attached hydrogens (tertiary/aromatic N) is 2. The lowest BCUT2D eigenvalue weighted by molar-refractivity contribution is 0.527. The van der Waals surface area contributed by atoms with E-state index in [-0.39, 0.29) is 11.8 Å². The van der Waals surface area contributed by atoms with E-state index >= 15 is 0 Å². The van der Waals surface area contributed by atoms with Gasteiger partial charge in [0.1, 0.15) is 0 Å². The summed E-state index contributed by atoms with van der Waals surface area (Å²) in [7, 11) is 0. The minimum atomic E-state index is 0.202. The quantitative estimate of drug-likeness (QED) is 0.578. The molecule has 0 radical (unpaired) electrons. The molecule has 14 heavy (non-hydrogen) atoms. The van der Waals surface area contributed by atoms with Crippen LogP contribution in [0.2, 0.25) is 0 Å². The Kier molecular flexibility index (Phi) is 7.95. The van der Waals surface area contributed by atoms with Gasteiger partial charge in [0.05, 0.1) is 12.1 Å². The summed E-state index contributed by atoms with van der Waals surface area (Å²) in [4.78, 5) is 0. The van der Waals surface area contributed by atoms with Crippen LogP contribution in [-0.4, -0.2) is 0 Å². The summed E-state index contributed by atoms with van der Waals surface area (Å²) in [5.41, 5.74) is 0. The molecule has 0 spiro atoms. The lowest BCUT2D eigenvalue weighted by atomic mass is 10.0. The van der Waals surface area contributed by atoms with Gasteiger partial charge in [-0.3, -0.25) is 0 Å². The second-order valence-electron chi connectivity index (χ2n) is 4.05. The second-order valence-corrected chi connectivity index (χ2v) is 4.05. The van der Waals surface area contributed by atoms with Crippen LogP contribution in [0.4, 0.5) is 0 Å². The third-order valence-corrected chi connectivity index (χ3v) is 2.47. The van der Waals surface area contributed by atoms with Crippen molar-refractivity contribution >= 4 is 0 Å². The topological polar surface area (TPSA) is 47.6 Å². The molecule has 0 aliphatic rings. The van der Waals surface area contributed by atoms with E-state index in [4.69, 9.17) is 10.5 Å². The Morgan fingerprint density at radius 3 is 1.43 bits per heavy atom. The molecule has 0 saturated heterocycles. The van der Waals surface area contributed by atoms with Crippen molar-refractivity contribution in [2.24, 2.45) is 11.8 Å². The molecule has 2 atom stereocenters. The summed E-state index contributed by atoms with van der Waals surface area (Å²) in [5, 5.41) is 17.1. The normalized spacial score (nSPS) is 14.0. The maximum Gasteiger partial charge on any atom is 0.0652 e. The molecule has 0 aromatic rings. The Bertz CT molecular complexity index is 185. The number of hydrogen-bond donors (Lipinski definition) is 0. The van der Waals surface area contributed by atoms with Gasteiger partial charge in [0.15, 0.2) is 0 Å². The summed E-state index contributed by atoms with van der Waals surface area (Å²) < 4.78 is 0. The molecular formula is C12H20N2. The zero-order chi connectivity index (χ0) is 10.8. The lowest BCUT2D eigenvalue weighted by Gasteiger charge is -2.03. The fourth-order valence-corrected chi connectivity index (χ4v) is 1.38. The van der Waals surface area contributed by atoms with Crippen LogP contribution in [-0.2, 0) is 0 Å². The van der Waals surface area contributed by atoms with Crippen LogP contribution < -0.4 is 0 Å². The maximum absolute atomic E-state index is 8.56. The first kappa shape index (κ1) is 13.0. The number of nitriles is 2. The first-order valence-electron chi connectivity index (χ1n) is 5.50. The Morgan fingerprint density at radius 2 is 1.14 bits per heavy atom. The first-order valence-corrected chi connectivity index (χ1v) is 5.50. The van der Waals surface area contributed by atoms with Crippen molar-refractivity contribution < 1.29 is 0 Å². The highest BCUT2D eigenvalue weighted by atomic mass is 14.3. The summed E-state index contributed by atoms with van der Waals surface area (Å²) in [6.45, 7) is 3.94. The third kappa shape index (κ3) is 7.62. The molecular weight excluding hydrogens is 172 g/mol. The van der Waals surface area contributed by atoms with Gasteiger partial charge in [-0.1, -0.05) is 25.7 Å². The average Bonchev–Trinajstić information content (AvgIpc) is 2.22. The SMILES string of the molecule is CC(C#N)CCCCCCC(C)C#N. The summed E-state index contributed by atoms with van der Waals surface area (Å²) in [6.07, 6.45) is 6.73. The van der Waals surface area contributed by atoms with Crippen LogP contribution in [0.3, 0.4) is 0 Å². The molecule has 2 nitrogen and oxygen atoms in total. The van der Waals surface area contributed by atoms with Crippen molar-refractivity contribution in [3.8, 4) is 12.1 Å². The first-order chi connectivity index (χ1) is 6.70. The molecule has 2 heteroatoms. The van der Waals surface area contributed by atoms with E-state index in [1.54, 1.807) is 0 Å². The van der Waals surface area contributed by atoms with Crippen LogP contribution >= 0.6 is 0 Å². The second kappa shape index (κ2) is 8.57. The van der Waals surface area contributed by atoms with Gasteiger partial charge in [0.25, 0.3) is 0 Å². The molecule has 0 aromatic heterocycles. The molecule has 0 aliphatic carbocycles. The van der Waals surface area contributed by atoms with Gasteiger partial charge in [0.2, 0.25) is 0 Å². The standard InChI is InChI=1S/C12H20N2/c1-11(9-13)7-5-3-4-6-8-12(2)10-14/h11-12H,3-8H2,1-2H3. The fourth-order valence-electron chi connectivity index (χ4n) is 1.38. The number of rotatable bonds is 7. The average molecular weight is 192 g/mol. The summed E-state index contributed by atoms with van der Waals surface area (Å²) in [5.74, 6) is 0.404. The maximum atomic E-state index is 8.56. The Balaban J connectivity index is 3.16. The smallest absolute Gasteiger partial charge is 0.0652 e. The van der Waals surface area contributed by atoms with Crippen LogP contribution in [0.25, 0.3) is 0 Å². The largest absolute Gasteiger partial charge is 0.198 e. The van der Waals surface area contributed by atoms with E-state index in [0.29, 0.717) is 0 Å². The van der Waals surface area contributed by atoms with Gasteiger partial charge in [0, 0.05) is 11.8 Å². The highest BCUT2D eigenvalue weighted by Gasteiger charge is 2.00. The predicted octanol–water partition coefficient (Wildman–Crippen LogP) is 3.65. The van der Waals surface area contributed by atoms with Gasteiger partial charge in [-0.05, 0) is 26.7 Å². The van der Waals surface area contributed by atoms with Crippen LogP contribution in [0.1, 0.15) is 52.4 Å². The lowest BCUT2D eigenvalue weighted by Crippen LogP contribution is -1.92. The third-order valence-electron chi connectivity index (χ3n) is 2.47. The van der Waals surface area contributed by atoms with Gasteiger partial charge in [-0.25, -0.2) is 0 Å². The Morgan fingerprint density at radius 1 is 0.786 bits per heavy atom. The molecule has 78 valence electrons. The molecule has 2 unspecified atom stereocenters. The van der Waals surface area contributed by atoms with Crippen molar-refractivity contribution in [2.45, 2.75) is 52.4 Å². The van der Waals surface area contributed by atoms with Gasteiger partial charge in [-0.15, -0.1) is 0 Å².